The summed E-state index contributed by atoms with van der Waals surface area (Å²) in [5, 5.41) is 5.27. The highest BCUT2D eigenvalue weighted by atomic mass is 16.5. The lowest BCUT2D eigenvalue weighted by Crippen LogP contribution is -2.33. The van der Waals surface area contributed by atoms with Gasteiger partial charge in [0.15, 0.2) is 0 Å². The molecule has 2 amide bonds. The lowest BCUT2D eigenvalue weighted by molar-refractivity contribution is -0.126. The van der Waals surface area contributed by atoms with Crippen molar-refractivity contribution in [3.63, 3.8) is 0 Å². The van der Waals surface area contributed by atoms with Crippen LogP contribution in [0, 0.1) is 0 Å². The molecule has 7 nitrogen and oxygen atoms in total. The van der Waals surface area contributed by atoms with Gasteiger partial charge in [0.25, 0.3) is 0 Å². The van der Waals surface area contributed by atoms with Gasteiger partial charge in [0.1, 0.15) is 6.42 Å². The Morgan fingerprint density at radius 1 is 1.09 bits per heavy atom. The van der Waals surface area contributed by atoms with E-state index in [-0.39, 0.29) is 12.3 Å². The molecular weight excluding hydrogens is 298 g/mol. The van der Waals surface area contributed by atoms with Gasteiger partial charge >= 0.3 is 5.97 Å². The molecule has 2 N–H and O–H groups in total. The molecule has 0 unspecified atom stereocenters. The molecular formula is C16H23N3O4. The number of hydrogen-bond acceptors (Lipinski definition) is 5. The van der Waals surface area contributed by atoms with E-state index in [0.29, 0.717) is 30.9 Å². The highest BCUT2D eigenvalue weighted by Crippen LogP contribution is 2.11. The van der Waals surface area contributed by atoms with Crippen molar-refractivity contribution in [1.29, 1.82) is 0 Å². The molecule has 126 valence electrons. The van der Waals surface area contributed by atoms with E-state index in [9.17, 15) is 14.4 Å². The van der Waals surface area contributed by atoms with Crippen LogP contribution < -0.4 is 10.6 Å². The molecule has 0 saturated carbocycles. The zero-order chi connectivity index (χ0) is 17.2. The monoisotopic (exact) mass is 321 g/mol. The number of nitrogens with one attached hydrogen (secondary N) is 2. The topological polar surface area (TPSA) is 87.7 Å². The van der Waals surface area contributed by atoms with Gasteiger partial charge in [-0.25, -0.2) is 4.79 Å². The molecule has 0 aliphatic rings. The molecule has 0 heterocycles. The maximum atomic E-state index is 11.8. The first kappa shape index (κ1) is 18.6. The Bertz CT molecular complexity index is 541. The Labute approximate surface area is 136 Å². The number of ether oxygens (including phenoxy) is 1. The first-order valence-electron chi connectivity index (χ1n) is 7.40. The van der Waals surface area contributed by atoms with E-state index in [1.165, 1.54) is 0 Å². The SMILES string of the molecule is CCOC(=O)c1ccc(NC(=O)CC(=O)NCCN(C)C)cc1. The zero-order valence-corrected chi connectivity index (χ0v) is 13.7. The molecule has 0 spiro atoms. The van der Waals surface area contributed by atoms with Crippen LogP contribution in [0.1, 0.15) is 23.7 Å². The lowest BCUT2D eigenvalue weighted by atomic mass is 10.2. The molecule has 0 saturated heterocycles. The molecule has 0 aromatic heterocycles. The van der Waals surface area contributed by atoms with Gasteiger partial charge < -0.3 is 20.3 Å². The molecule has 0 aliphatic carbocycles. The molecule has 0 radical (unpaired) electrons. The van der Waals surface area contributed by atoms with Crippen molar-refractivity contribution in [3.05, 3.63) is 29.8 Å². The average molecular weight is 321 g/mol. The van der Waals surface area contributed by atoms with Gasteiger partial charge in [0.05, 0.1) is 12.2 Å². The Morgan fingerprint density at radius 2 is 1.74 bits per heavy atom. The Balaban J connectivity index is 2.42. The molecule has 7 heteroatoms. The highest BCUT2D eigenvalue weighted by molar-refractivity contribution is 6.03. The first-order chi connectivity index (χ1) is 10.9. The third kappa shape index (κ3) is 7.42. The summed E-state index contributed by atoms with van der Waals surface area (Å²) in [6.45, 7) is 3.24. The number of carbonyl (C=O) groups excluding carboxylic acids is 3. The lowest BCUT2D eigenvalue weighted by Gasteiger charge is -2.10. The molecule has 1 aromatic carbocycles. The Morgan fingerprint density at radius 3 is 2.30 bits per heavy atom. The number of esters is 1. The van der Waals surface area contributed by atoms with E-state index in [2.05, 4.69) is 10.6 Å². The standard InChI is InChI=1S/C16H23N3O4/c1-4-23-16(22)12-5-7-13(8-6-12)18-15(21)11-14(20)17-9-10-19(2)3/h5-8H,4,9-11H2,1-3H3,(H,17,20)(H,18,21). The predicted octanol–water partition coefficient (Wildman–Crippen LogP) is 0.870. The van der Waals surface area contributed by atoms with Gasteiger partial charge in [0, 0.05) is 18.8 Å². The van der Waals surface area contributed by atoms with Crippen LogP contribution in [0.25, 0.3) is 0 Å². The number of amides is 2. The second-order valence-electron chi connectivity index (χ2n) is 5.18. The highest BCUT2D eigenvalue weighted by Gasteiger charge is 2.10. The van der Waals surface area contributed by atoms with Crippen LogP contribution in [0.5, 0.6) is 0 Å². The van der Waals surface area contributed by atoms with Crippen molar-refractivity contribution in [2.75, 3.05) is 39.1 Å². The van der Waals surface area contributed by atoms with Gasteiger partial charge in [-0.05, 0) is 45.3 Å². The van der Waals surface area contributed by atoms with E-state index >= 15 is 0 Å². The molecule has 0 fully saturated rings. The van der Waals surface area contributed by atoms with Crippen molar-refractivity contribution in [1.82, 2.24) is 10.2 Å². The predicted molar refractivity (Wildman–Crippen MR) is 87.2 cm³/mol. The second-order valence-corrected chi connectivity index (χ2v) is 5.18. The van der Waals surface area contributed by atoms with Crippen molar-refractivity contribution < 1.29 is 19.1 Å². The van der Waals surface area contributed by atoms with Crippen molar-refractivity contribution in [2.45, 2.75) is 13.3 Å². The number of likely N-dealkylation sites (N-methyl/N-ethyl adjacent to an activating group) is 1. The summed E-state index contributed by atoms with van der Waals surface area (Å²) in [6.07, 6.45) is -0.243. The van der Waals surface area contributed by atoms with Gasteiger partial charge in [-0.1, -0.05) is 0 Å². The van der Waals surface area contributed by atoms with Gasteiger partial charge in [-0.3, -0.25) is 9.59 Å². The summed E-state index contributed by atoms with van der Waals surface area (Å²) < 4.78 is 4.87. The van der Waals surface area contributed by atoms with Crippen LogP contribution in [0.15, 0.2) is 24.3 Å². The second kappa shape index (κ2) is 9.58. The summed E-state index contributed by atoms with van der Waals surface area (Å²) in [6, 6.07) is 6.30. The van der Waals surface area contributed by atoms with Crippen LogP contribution in [0.3, 0.4) is 0 Å². The molecule has 1 rings (SSSR count). The number of benzene rings is 1. The third-order valence-corrected chi connectivity index (χ3v) is 2.88. The summed E-state index contributed by atoms with van der Waals surface area (Å²) in [5.41, 5.74) is 0.926. The summed E-state index contributed by atoms with van der Waals surface area (Å²) >= 11 is 0. The summed E-state index contributed by atoms with van der Waals surface area (Å²) in [4.78, 5) is 36.8. The number of anilines is 1. The number of carbonyl (C=O) groups is 3. The quantitative estimate of drug-likeness (QED) is 0.548. The Kier molecular flexibility index (Phi) is 7.76. The molecule has 1 aromatic rings. The summed E-state index contributed by atoms with van der Waals surface area (Å²) in [7, 11) is 3.80. The van der Waals surface area contributed by atoms with E-state index < -0.39 is 11.9 Å². The minimum absolute atomic E-state index is 0.243. The summed E-state index contributed by atoms with van der Waals surface area (Å²) in [5.74, 6) is -1.14. The fourth-order valence-electron chi connectivity index (χ4n) is 1.74. The van der Waals surface area contributed by atoms with E-state index in [1.807, 2.05) is 19.0 Å². The van der Waals surface area contributed by atoms with Gasteiger partial charge in [0.2, 0.25) is 11.8 Å². The molecule has 0 atom stereocenters. The van der Waals surface area contributed by atoms with Crippen LogP contribution in [-0.4, -0.2) is 56.5 Å². The molecule has 0 aliphatic heterocycles. The van der Waals surface area contributed by atoms with Crippen LogP contribution in [0.4, 0.5) is 5.69 Å². The minimum Gasteiger partial charge on any atom is -0.462 e. The first-order valence-corrected chi connectivity index (χ1v) is 7.40. The fraction of sp³-hybridized carbons (Fsp3) is 0.438. The number of rotatable bonds is 8. The van der Waals surface area contributed by atoms with Crippen LogP contribution >= 0.6 is 0 Å². The maximum absolute atomic E-state index is 11.8. The van der Waals surface area contributed by atoms with E-state index in [1.54, 1.807) is 31.2 Å². The number of nitrogens with zero attached hydrogens (tertiary/aromatic N) is 1. The van der Waals surface area contributed by atoms with Crippen molar-refractivity contribution in [2.24, 2.45) is 0 Å². The smallest absolute Gasteiger partial charge is 0.338 e. The van der Waals surface area contributed by atoms with Crippen molar-refractivity contribution >= 4 is 23.5 Å². The normalized spacial score (nSPS) is 10.3. The van der Waals surface area contributed by atoms with E-state index in [4.69, 9.17) is 4.74 Å². The number of hydrogen-bond donors (Lipinski definition) is 2. The molecule has 23 heavy (non-hydrogen) atoms. The minimum atomic E-state index is -0.411. The molecule has 0 bridgehead atoms. The third-order valence-electron chi connectivity index (χ3n) is 2.88. The van der Waals surface area contributed by atoms with Crippen molar-refractivity contribution in [3.8, 4) is 0 Å². The van der Waals surface area contributed by atoms with E-state index in [0.717, 1.165) is 0 Å². The Hall–Kier alpha value is -2.41. The zero-order valence-electron chi connectivity index (χ0n) is 13.7. The fourth-order valence-corrected chi connectivity index (χ4v) is 1.74. The van der Waals surface area contributed by atoms with Crippen LogP contribution in [-0.2, 0) is 14.3 Å². The average Bonchev–Trinajstić information content (AvgIpc) is 2.47. The maximum Gasteiger partial charge on any atom is 0.338 e. The van der Waals surface area contributed by atoms with Gasteiger partial charge in [-0.2, -0.15) is 0 Å². The largest absolute Gasteiger partial charge is 0.462 e. The van der Waals surface area contributed by atoms with Gasteiger partial charge in [-0.15, -0.1) is 0 Å². The van der Waals surface area contributed by atoms with Crippen LogP contribution in [0.2, 0.25) is 0 Å².